The average molecular weight is 199 g/mol. The van der Waals surface area contributed by atoms with Crippen molar-refractivity contribution in [3.63, 3.8) is 0 Å². The number of rotatable bonds is 9. The molecule has 0 saturated heterocycles. The van der Waals surface area contributed by atoms with Crippen LogP contribution in [0.1, 0.15) is 26.2 Å². The number of aliphatic imine (C=N–C) groups is 1. The van der Waals surface area contributed by atoms with Gasteiger partial charge in [0.2, 0.25) is 0 Å². The highest BCUT2D eigenvalue weighted by Gasteiger charge is 2.12. The quantitative estimate of drug-likeness (QED) is 0.568. The van der Waals surface area contributed by atoms with Crippen LogP contribution in [0.15, 0.2) is 4.99 Å². The van der Waals surface area contributed by atoms with Gasteiger partial charge in [-0.2, -0.15) is 0 Å². The van der Waals surface area contributed by atoms with Crippen LogP contribution in [0.5, 0.6) is 0 Å². The van der Waals surface area contributed by atoms with Gasteiger partial charge in [-0.3, -0.25) is 4.99 Å². The van der Waals surface area contributed by atoms with Gasteiger partial charge in [-0.05, 0) is 40.2 Å². The van der Waals surface area contributed by atoms with Gasteiger partial charge in [0.05, 0.1) is 6.54 Å². The molecule has 1 N–H and O–H groups in total. The standard InChI is InChI=1S/C11H25N3/c1-5-6-11(7-8-12-2)14(4)10-9-13-3/h11-12H,3,5-10H2,1-2,4H3. The van der Waals surface area contributed by atoms with Crippen LogP contribution in [0, 0.1) is 0 Å². The number of likely N-dealkylation sites (N-methyl/N-ethyl adjacent to an activating group) is 1. The van der Waals surface area contributed by atoms with Gasteiger partial charge in [0.1, 0.15) is 0 Å². The van der Waals surface area contributed by atoms with E-state index < -0.39 is 0 Å². The lowest BCUT2D eigenvalue weighted by Crippen LogP contribution is -2.35. The fraction of sp³-hybridized carbons (Fsp3) is 0.909. The van der Waals surface area contributed by atoms with E-state index in [2.05, 4.69) is 35.9 Å². The van der Waals surface area contributed by atoms with E-state index in [1.807, 2.05) is 7.05 Å². The van der Waals surface area contributed by atoms with Crippen LogP contribution in [0.2, 0.25) is 0 Å². The van der Waals surface area contributed by atoms with Crippen molar-refractivity contribution >= 4 is 6.72 Å². The second kappa shape index (κ2) is 9.16. The predicted molar refractivity (Wildman–Crippen MR) is 64.3 cm³/mol. The van der Waals surface area contributed by atoms with E-state index in [1.165, 1.54) is 19.3 Å². The molecule has 3 heteroatoms. The summed E-state index contributed by atoms with van der Waals surface area (Å²) in [6.45, 7) is 8.72. The fourth-order valence-electron chi connectivity index (χ4n) is 1.64. The molecule has 0 bridgehead atoms. The summed E-state index contributed by atoms with van der Waals surface area (Å²) in [4.78, 5) is 6.29. The molecule has 1 unspecified atom stereocenters. The van der Waals surface area contributed by atoms with E-state index >= 15 is 0 Å². The van der Waals surface area contributed by atoms with Crippen molar-refractivity contribution in [2.75, 3.05) is 33.7 Å². The summed E-state index contributed by atoms with van der Waals surface area (Å²) >= 11 is 0. The second-order valence-electron chi connectivity index (χ2n) is 3.76. The van der Waals surface area contributed by atoms with Crippen LogP contribution in [0.3, 0.4) is 0 Å². The molecule has 0 radical (unpaired) electrons. The SMILES string of the molecule is C=NCCN(C)C(CCC)CCNC. The van der Waals surface area contributed by atoms with Gasteiger partial charge in [0.15, 0.2) is 0 Å². The second-order valence-corrected chi connectivity index (χ2v) is 3.76. The highest BCUT2D eigenvalue weighted by atomic mass is 15.1. The summed E-state index contributed by atoms with van der Waals surface area (Å²) in [5.41, 5.74) is 0. The maximum Gasteiger partial charge on any atom is 0.0509 e. The normalized spacial score (nSPS) is 13.1. The van der Waals surface area contributed by atoms with Crippen molar-refractivity contribution in [1.29, 1.82) is 0 Å². The van der Waals surface area contributed by atoms with E-state index in [-0.39, 0.29) is 0 Å². The summed E-state index contributed by atoms with van der Waals surface area (Å²) in [7, 11) is 4.19. The molecule has 0 spiro atoms. The Hall–Kier alpha value is -0.410. The average Bonchev–Trinajstić information content (AvgIpc) is 2.20. The molecule has 1 atom stereocenters. The number of nitrogens with zero attached hydrogens (tertiary/aromatic N) is 2. The first kappa shape index (κ1) is 13.6. The smallest absolute Gasteiger partial charge is 0.0509 e. The van der Waals surface area contributed by atoms with Crippen LogP contribution < -0.4 is 5.32 Å². The topological polar surface area (TPSA) is 27.6 Å². The zero-order valence-electron chi connectivity index (χ0n) is 9.92. The van der Waals surface area contributed by atoms with Gasteiger partial charge in [-0.1, -0.05) is 13.3 Å². The monoisotopic (exact) mass is 199 g/mol. The number of hydrogen-bond donors (Lipinski definition) is 1. The van der Waals surface area contributed by atoms with Gasteiger partial charge in [0, 0.05) is 12.6 Å². The summed E-state index contributed by atoms with van der Waals surface area (Å²) in [5.74, 6) is 0. The molecular weight excluding hydrogens is 174 g/mol. The van der Waals surface area contributed by atoms with Gasteiger partial charge >= 0.3 is 0 Å². The van der Waals surface area contributed by atoms with Crippen molar-refractivity contribution in [1.82, 2.24) is 10.2 Å². The first-order chi connectivity index (χ1) is 6.76. The molecule has 84 valence electrons. The van der Waals surface area contributed by atoms with E-state index in [4.69, 9.17) is 0 Å². The Balaban J connectivity index is 3.82. The van der Waals surface area contributed by atoms with Gasteiger partial charge in [0.25, 0.3) is 0 Å². The lowest BCUT2D eigenvalue weighted by molar-refractivity contribution is 0.223. The molecular formula is C11H25N3. The molecule has 0 aliphatic heterocycles. The maximum absolute atomic E-state index is 3.89. The van der Waals surface area contributed by atoms with Crippen LogP contribution in [-0.2, 0) is 0 Å². The minimum absolute atomic E-state index is 0.689. The Morgan fingerprint density at radius 3 is 2.64 bits per heavy atom. The summed E-state index contributed by atoms with van der Waals surface area (Å²) < 4.78 is 0. The van der Waals surface area contributed by atoms with E-state index in [0.29, 0.717) is 6.04 Å². The van der Waals surface area contributed by atoms with Crippen LogP contribution in [-0.4, -0.2) is 51.4 Å². The zero-order chi connectivity index (χ0) is 10.8. The molecule has 14 heavy (non-hydrogen) atoms. The lowest BCUT2D eigenvalue weighted by Gasteiger charge is -2.27. The molecule has 0 aliphatic carbocycles. The molecule has 0 aliphatic rings. The Bertz CT molecular complexity index is 136. The van der Waals surface area contributed by atoms with Gasteiger partial charge in [-0.25, -0.2) is 0 Å². The highest BCUT2D eigenvalue weighted by Crippen LogP contribution is 2.08. The van der Waals surface area contributed by atoms with Crippen molar-refractivity contribution in [3.05, 3.63) is 0 Å². The molecule has 0 amide bonds. The summed E-state index contributed by atoms with van der Waals surface area (Å²) in [5, 5.41) is 3.21. The molecule has 0 aromatic heterocycles. The van der Waals surface area contributed by atoms with Crippen molar-refractivity contribution in [3.8, 4) is 0 Å². The molecule has 3 nitrogen and oxygen atoms in total. The first-order valence-electron chi connectivity index (χ1n) is 5.53. The Morgan fingerprint density at radius 2 is 2.14 bits per heavy atom. The Morgan fingerprint density at radius 1 is 1.43 bits per heavy atom. The Labute approximate surface area is 88.6 Å². The zero-order valence-corrected chi connectivity index (χ0v) is 9.92. The highest BCUT2D eigenvalue weighted by molar-refractivity contribution is 5.23. The number of nitrogens with one attached hydrogen (secondary N) is 1. The molecule has 0 fully saturated rings. The van der Waals surface area contributed by atoms with Crippen molar-refractivity contribution < 1.29 is 0 Å². The largest absolute Gasteiger partial charge is 0.320 e. The van der Waals surface area contributed by atoms with Crippen LogP contribution in [0.4, 0.5) is 0 Å². The third-order valence-corrected chi connectivity index (χ3v) is 2.58. The molecule has 0 aromatic rings. The molecule has 0 saturated carbocycles. The van der Waals surface area contributed by atoms with E-state index in [0.717, 1.165) is 19.6 Å². The number of hydrogen-bond acceptors (Lipinski definition) is 3. The maximum atomic E-state index is 3.89. The molecule has 0 heterocycles. The lowest BCUT2D eigenvalue weighted by atomic mass is 10.1. The molecule has 0 aromatic carbocycles. The molecule has 0 rings (SSSR count). The van der Waals surface area contributed by atoms with Crippen LogP contribution >= 0.6 is 0 Å². The van der Waals surface area contributed by atoms with E-state index in [1.54, 1.807) is 0 Å². The van der Waals surface area contributed by atoms with E-state index in [9.17, 15) is 0 Å². The van der Waals surface area contributed by atoms with Crippen LogP contribution in [0.25, 0.3) is 0 Å². The van der Waals surface area contributed by atoms with Gasteiger partial charge in [-0.15, -0.1) is 0 Å². The summed E-state index contributed by atoms with van der Waals surface area (Å²) in [6, 6.07) is 0.689. The first-order valence-corrected chi connectivity index (χ1v) is 5.53. The minimum atomic E-state index is 0.689. The Kier molecular flexibility index (Phi) is 8.89. The minimum Gasteiger partial charge on any atom is -0.320 e. The third-order valence-electron chi connectivity index (χ3n) is 2.58. The fourth-order valence-corrected chi connectivity index (χ4v) is 1.64. The van der Waals surface area contributed by atoms with Gasteiger partial charge < -0.3 is 10.2 Å². The summed E-state index contributed by atoms with van der Waals surface area (Å²) in [6.07, 6.45) is 3.74. The predicted octanol–water partition coefficient (Wildman–Crippen LogP) is 1.40. The van der Waals surface area contributed by atoms with Crippen molar-refractivity contribution in [2.24, 2.45) is 4.99 Å². The van der Waals surface area contributed by atoms with Crippen molar-refractivity contribution in [2.45, 2.75) is 32.2 Å². The third kappa shape index (κ3) is 6.11.